The summed E-state index contributed by atoms with van der Waals surface area (Å²) in [6.45, 7) is 0.208. The Hall–Kier alpha value is -1.99. The number of nitrogens with one attached hydrogen (secondary N) is 1. The summed E-state index contributed by atoms with van der Waals surface area (Å²) < 4.78 is 5.25. The van der Waals surface area contributed by atoms with E-state index >= 15 is 0 Å². The van der Waals surface area contributed by atoms with E-state index < -0.39 is 6.10 Å². The van der Waals surface area contributed by atoms with Gasteiger partial charge in [-0.25, -0.2) is 0 Å². The smallest absolute Gasteiger partial charge is 0.251 e. The average Bonchev–Trinajstić information content (AvgIpc) is 2.48. The maximum Gasteiger partial charge on any atom is 0.251 e. The summed E-state index contributed by atoms with van der Waals surface area (Å²) in [6.07, 6.45) is 8.32. The summed E-state index contributed by atoms with van der Waals surface area (Å²) in [5, 5.41) is 12.7. The van der Waals surface area contributed by atoms with Crippen molar-refractivity contribution in [2.75, 3.05) is 6.61 Å². The van der Waals surface area contributed by atoms with Gasteiger partial charge in [-0.3, -0.25) is 4.79 Å². The molecule has 0 bridgehead atoms. The Labute approximate surface area is 119 Å². The first kappa shape index (κ1) is 14.4. The van der Waals surface area contributed by atoms with Gasteiger partial charge in [0, 0.05) is 5.56 Å². The fraction of sp³-hybridized carbons (Fsp3) is 0.438. The van der Waals surface area contributed by atoms with Crippen molar-refractivity contribution in [1.82, 2.24) is 5.32 Å². The molecule has 4 heteroatoms. The lowest BCUT2D eigenvalue weighted by Gasteiger charge is -2.28. The summed E-state index contributed by atoms with van der Waals surface area (Å²) in [6, 6.07) is 6.66. The lowest BCUT2D eigenvalue weighted by atomic mass is 9.92. The number of rotatable bonds is 4. The Morgan fingerprint density at radius 1 is 1.35 bits per heavy atom. The van der Waals surface area contributed by atoms with E-state index in [9.17, 15) is 9.90 Å². The van der Waals surface area contributed by atoms with Crippen molar-refractivity contribution in [3.05, 3.63) is 29.8 Å². The molecule has 1 saturated carbocycles. The topological polar surface area (TPSA) is 58.6 Å². The van der Waals surface area contributed by atoms with Gasteiger partial charge in [0.2, 0.25) is 0 Å². The Morgan fingerprint density at radius 2 is 2.05 bits per heavy atom. The Bertz CT molecular complexity index is 489. The Morgan fingerprint density at radius 3 is 2.70 bits per heavy atom. The summed E-state index contributed by atoms with van der Waals surface area (Å²) in [5.41, 5.74) is 0.552. The van der Waals surface area contributed by atoms with Crippen LogP contribution in [0.5, 0.6) is 5.75 Å². The van der Waals surface area contributed by atoms with Crippen LogP contribution in [0.2, 0.25) is 0 Å². The number of hydrogen-bond donors (Lipinski definition) is 2. The van der Waals surface area contributed by atoms with E-state index in [1.807, 2.05) is 0 Å². The number of benzene rings is 1. The van der Waals surface area contributed by atoms with Crippen LogP contribution < -0.4 is 10.1 Å². The number of carbonyl (C=O) groups excluding carboxylic acids is 1. The number of ether oxygens (including phenoxy) is 1. The second-order valence-electron chi connectivity index (χ2n) is 4.95. The molecule has 0 radical (unpaired) electrons. The van der Waals surface area contributed by atoms with Crippen molar-refractivity contribution in [1.29, 1.82) is 0 Å². The fourth-order valence-electron chi connectivity index (χ4n) is 2.36. The highest BCUT2D eigenvalue weighted by molar-refractivity contribution is 5.94. The highest BCUT2D eigenvalue weighted by atomic mass is 16.5. The largest absolute Gasteiger partial charge is 0.481 e. The van der Waals surface area contributed by atoms with E-state index in [1.54, 1.807) is 24.3 Å². The number of hydrogen-bond acceptors (Lipinski definition) is 3. The van der Waals surface area contributed by atoms with E-state index in [-0.39, 0.29) is 18.6 Å². The first-order valence-electron chi connectivity index (χ1n) is 6.86. The third-order valence-electron chi connectivity index (χ3n) is 3.48. The molecule has 0 spiro atoms. The molecule has 1 aromatic rings. The molecule has 20 heavy (non-hydrogen) atoms. The van der Waals surface area contributed by atoms with Gasteiger partial charge >= 0.3 is 0 Å². The van der Waals surface area contributed by atoms with Gasteiger partial charge in [0.15, 0.2) is 0 Å². The van der Waals surface area contributed by atoms with Crippen LogP contribution in [0, 0.1) is 12.3 Å². The van der Waals surface area contributed by atoms with Crippen molar-refractivity contribution in [3.63, 3.8) is 0 Å². The maximum absolute atomic E-state index is 12.1. The molecule has 0 aliphatic heterocycles. The quantitative estimate of drug-likeness (QED) is 0.821. The van der Waals surface area contributed by atoms with E-state index in [0.29, 0.717) is 11.3 Å². The minimum Gasteiger partial charge on any atom is -0.481 e. The molecule has 4 nitrogen and oxygen atoms in total. The van der Waals surface area contributed by atoms with E-state index in [0.717, 1.165) is 25.7 Å². The minimum absolute atomic E-state index is 0.145. The predicted molar refractivity (Wildman–Crippen MR) is 76.5 cm³/mol. The van der Waals surface area contributed by atoms with Crippen LogP contribution >= 0.6 is 0 Å². The lowest BCUT2D eigenvalue weighted by molar-refractivity contribution is 0.0717. The zero-order chi connectivity index (χ0) is 14.4. The van der Waals surface area contributed by atoms with Crippen LogP contribution in [0.4, 0.5) is 0 Å². The number of aliphatic hydroxyl groups is 1. The van der Waals surface area contributed by atoms with E-state index in [2.05, 4.69) is 11.2 Å². The summed E-state index contributed by atoms with van der Waals surface area (Å²) in [7, 11) is 0. The molecule has 1 aliphatic carbocycles. The molecule has 1 amide bonds. The summed E-state index contributed by atoms with van der Waals surface area (Å²) in [5.74, 6) is 2.85. The van der Waals surface area contributed by atoms with Crippen LogP contribution in [-0.2, 0) is 0 Å². The van der Waals surface area contributed by atoms with Gasteiger partial charge in [0.05, 0.1) is 12.1 Å². The molecule has 1 aliphatic rings. The van der Waals surface area contributed by atoms with E-state index in [4.69, 9.17) is 11.2 Å². The number of aliphatic hydroxyl groups excluding tert-OH is 1. The number of terminal acetylenes is 1. The third-order valence-corrected chi connectivity index (χ3v) is 3.48. The molecule has 106 valence electrons. The molecular weight excluding hydrogens is 254 g/mol. The highest BCUT2D eigenvalue weighted by Gasteiger charge is 2.24. The molecule has 1 aromatic carbocycles. The monoisotopic (exact) mass is 273 g/mol. The first-order chi connectivity index (χ1) is 9.70. The maximum atomic E-state index is 12.1. The molecule has 2 N–H and O–H groups in total. The lowest BCUT2D eigenvalue weighted by Crippen LogP contribution is -2.45. The van der Waals surface area contributed by atoms with Gasteiger partial charge < -0.3 is 15.2 Å². The van der Waals surface area contributed by atoms with Crippen LogP contribution in [-0.4, -0.2) is 29.8 Å². The number of amides is 1. The zero-order valence-corrected chi connectivity index (χ0v) is 11.3. The van der Waals surface area contributed by atoms with Crippen LogP contribution in [0.15, 0.2) is 24.3 Å². The number of carbonyl (C=O) groups is 1. The van der Waals surface area contributed by atoms with Gasteiger partial charge in [-0.2, -0.15) is 0 Å². The van der Waals surface area contributed by atoms with Crippen molar-refractivity contribution in [3.8, 4) is 18.1 Å². The van der Waals surface area contributed by atoms with Crippen molar-refractivity contribution in [2.45, 2.75) is 37.8 Å². The normalized spacial score (nSPS) is 21.8. The first-order valence-corrected chi connectivity index (χ1v) is 6.86. The molecule has 1 fully saturated rings. The summed E-state index contributed by atoms with van der Waals surface area (Å²) in [4.78, 5) is 12.1. The molecule has 0 heterocycles. The Balaban J connectivity index is 1.93. The van der Waals surface area contributed by atoms with Gasteiger partial charge in [-0.05, 0) is 37.1 Å². The highest BCUT2D eigenvalue weighted by Crippen LogP contribution is 2.19. The molecule has 2 rings (SSSR count). The van der Waals surface area contributed by atoms with Gasteiger partial charge in [-0.15, -0.1) is 6.42 Å². The van der Waals surface area contributed by atoms with Crippen LogP contribution in [0.1, 0.15) is 36.0 Å². The third kappa shape index (κ3) is 3.75. The van der Waals surface area contributed by atoms with Gasteiger partial charge in [0.25, 0.3) is 5.91 Å². The molecule has 0 aromatic heterocycles. The molecule has 2 atom stereocenters. The van der Waals surface area contributed by atoms with Crippen molar-refractivity contribution >= 4 is 5.91 Å². The van der Waals surface area contributed by atoms with Crippen LogP contribution in [0.25, 0.3) is 0 Å². The molecule has 2 unspecified atom stereocenters. The Kier molecular flexibility index (Phi) is 5.03. The summed E-state index contributed by atoms with van der Waals surface area (Å²) >= 11 is 0. The van der Waals surface area contributed by atoms with Gasteiger partial charge in [-0.1, -0.05) is 18.8 Å². The molecule has 0 saturated heterocycles. The van der Waals surface area contributed by atoms with Crippen molar-refractivity contribution < 1.29 is 14.6 Å². The van der Waals surface area contributed by atoms with Crippen molar-refractivity contribution in [2.24, 2.45) is 0 Å². The minimum atomic E-state index is -0.439. The standard InChI is InChI=1S/C16H19NO3/c1-2-11-20-13-9-7-12(8-10-13)16(19)17-14-5-3-4-6-15(14)18/h1,7-10,14-15,18H,3-6,11H2,(H,17,19). The average molecular weight is 273 g/mol. The van der Waals surface area contributed by atoms with E-state index in [1.165, 1.54) is 0 Å². The van der Waals surface area contributed by atoms with Gasteiger partial charge in [0.1, 0.15) is 12.4 Å². The second-order valence-corrected chi connectivity index (χ2v) is 4.95. The zero-order valence-electron chi connectivity index (χ0n) is 11.3. The van der Waals surface area contributed by atoms with Crippen LogP contribution in [0.3, 0.4) is 0 Å². The SMILES string of the molecule is C#CCOc1ccc(C(=O)NC2CCCCC2O)cc1. The fourth-order valence-corrected chi connectivity index (χ4v) is 2.36. The predicted octanol–water partition coefficient (Wildman–Crippen LogP) is 1.73. The second kappa shape index (κ2) is 6.97. The molecular formula is C16H19NO3.